The van der Waals surface area contributed by atoms with Crippen molar-refractivity contribution in [3.8, 4) is 0 Å². The first-order valence-electron chi connectivity index (χ1n) is 7.14. The van der Waals surface area contributed by atoms with Crippen molar-refractivity contribution in [3.05, 3.63) is 29.0 Å². The lowest BCUT2D eigenvalue weighted by atomic mass is 9.81. The quantitative estimate of drug-likeness (QED) is 0.868. The molecular weight excluding hydrogens is 292 g/mol. The minimum absolute atomic E-state index is 0.0634. The summed E-state index contributed by atoms with van der Waals surface area (Å²) in [5.41, 5.74) is 0.529. The van der Waals surface area contributed by atoms with Crippen LogP contribution in [0.3, 0.4) is 0 Å². The lowest BCUT2D eigenvalue weighted by Gasteiger charge is -2.37. The van der Waals surface area contributed by atoms with Crippen LogP contribution in [0.4, 0.5) is 0 Å². The Morgan fingerprint density at radius 2 is 2.24 bits per heavy atom. The molecule has 2 atom stereocenters. The van der Waals surface area contributed by atoms with E-state index in [9.17, 15) is 9.59 Å². The summed E-state index contributed by atoms with van der Waals surface area (Å²) < 4.78 is 0. The molecule has 0 bridgehead atoms. The highest BCUT2D eigenvalue weighted by molar-refractivity contribution is 6.29. The summed E-state index contributed by atoms with van der Waals surface area (Å²) in [6, 6.07) is 3.21. The Bertz CT molecular complexity index is 535. The summed E-state index contributed by atoms with van der Waals surface area (Å²) in [5.74, 6) is -0.445. The zero-order chi connectivity index (χ0) is 15.4. The van der Waals surface area contributed by atoms with Gasteiger partial charge in [0.2, 0.25) is 0 Å². The number of pyridine rings is 1. The summed E-state index contributed by atoms with van der Waals surface area (Å²) in [5, 5.41) is 9.26. The number of aliphatic carboxylic acids is 1. The molecule has 1 fully saturated rings. The van der Waals surface area contributed by atoms with Gasteiger partial charge in [-0.1, -0.05) is 24.9 Å². The maximum atomic E-state index is 12.5. The van der Waals surface area contributed by atoms with Crippen LogP contribution < -0.4 is 0 Å². The van der Waals surface area contributed by atoms with Crippen LogP contribution in [-0.4, -0.2) is 40.0 Å². The molecule has 1 N–H and O–H groups in total. The van der Waals surface area contributed by atoms with Crippen LogP contribution in [0.15, 0.2) is 18.3 Å². The van der Waals surface area contributed by atoms with E-state index < -0.39 is 5.97 Å². The van der Waals surface area contributed by atoms with Gasteiger partial charge in [-0.15, -0.1) is 0 Å². The molecule has 0 aliphatic carbocycles. The molecule has 21 heavy (non-hydrogen) atoms. The van der Waals surface area contributed by atoms with E-state index in [2.05, 4.69) is 4.98 Å². The monoisotopic (exact) mass is 310 g/mol. The molecule has 1 aliphatic rings. The number of likely N-dealkylation sites (tertiary alicyclic amines) is 1. The van der Waals surface area contributed by atoms with Gasteiger partial charge in [-0.25, -0.2) is 4.98 Å². The molecule has 0 radical (unpaired) electrons. The average molecular weight is 311 g/mol. The fourth-order valence-corrected chi connectivity index (χ4v) is 3.11. The molecule has 1 aromatic rings. The van der Waals surface area contributed by atoms with Gasteiger partial charge in [0.25, 0.3) is 5.91 Å². The Morgan fingerprint density at radius 1 is 1.48 bits per heavy atom. The number of hydrogen-bond donors (Lipinski definition) is 1. The van der Waals surface area contributed by atoms with Gasteiger partial charge in [0.15, 0.2) is 0 Å². The highest BCUT2D eigenvalue weighted by atomic mass is 35.5. The summed E-state index contributed by atoms with van der Waals surface area (Å²) in [7, 11) is 0. The highest BCUT2D eigenvalue weighted by Crippen LogP contribution is 2.29. The number of hydrogen-bond acceptors (Lipinski definition) is 3. The maximum absolute atomic E-state index is 12.5. The lowest BCUT2D eigenvalue weighted by Crippen LogP contribution is -2.44. The molecule has 0 saturated carbocycles. The number of carboxylic acids is 1. The van der Waals surface area contributed by atoms with E-state index in [-0.39, 0.29) is 24.2 Å². The second-order valence-electron chi connectivity index (χ2n) is 5.43. The molecule has 1 aliphatic heterocycles. The topological polar surface area (TPSA) is 70.5 Å². The molecule has 114 valence electrons. The Hall–Kier alpha value is -1.62. The van der Waals surface area contributed by atoms with Gasteiger partial charge in [-0.2, -0.15) is 0 Å². The SMILES string of the molecule is CC[C@H]1CN(C(=O)c2ccnc(Cl)c2)CC[C@H]1CC(=O)O. The van der Waals surface area contributed by atoms with Crippen molar-refractivity contribution in [2.75, 3.05) is 13.1 Å². The van der Waals surface area contributed by atoms with Crippen molar-refractivity contribution >= 4 is 23.5 Å². The number of nitrogens with zero attached hydrogens (tertiary/aromatic N) is 2. The first kappa shape index (κ1) is 15.8. The Balaban J connectivity index is 2.06. The van der Waals surface area contributed by atoms with E-state index in [1.165, 1.54) is 6.20 Å². The van der Waals surface area contributed by atoms with E-state index in [1.807, 2.05) is 6.92 Å². The van der Waals surface area contributed by atoms with Gasteiger partial charge in [-0.05, 0) is 30.4 Å². The van der Waals surface area contributed by atoms with Crippen molar-refractivity contribution in [1.82, 2.24) is 9.88 Å². The highest BCUT2D eigenvalue weighted by Gasteiger charge is 2.32. The summed E-state index contributed by atoms with van der Waals surface area (Å²) in [6.45, 7) is 3.23. The summed E-state index contributed by atoms with van der Waals surface area (Å²) in [6.07, 6.45) is 3.31. The summed E-state index contributed by atoms with van der Waals surface area (Å²) in [4.78, 5) is 29.0. The Labute approximate surface area is 128 Å². The zero-order valence-electron chi connectivity index (χ0n) is 12.0. The summed E-state index contributed by atoms with van der Waals surface area (Å²) >= 11 is 5.82. The molecular formula is C15H19ClN2O3. The largest absolute Gasteiger partial charge is 0.481 e. The number of carbonyl (C=O) groups is 2. The van der Waals surface area contributed by atoms with Gasteiger partial charge in [-0.3, -0.25) is 9.59 Å². The van der Waals surface area contributed by atoms with Crippen LogP contribution in [0.1, 0.15) is 36.5 Å². The fourth-order valence-electron chi connectivity index (χ4n) is 2.94. The number of halogens is 1. The molecule has 2 rings (SSSR count). The van der Waals surface area contributed by atoms with Gasteiger partial charge in [0.1, 0.15) is 5.15 Å². The Kier molecular flexibility index (Phi) is 5.17. The number of aromatic nitrogens is 1. The van der Waals surface area contributed by atoms with Crippen LogP contribution >= 0.6 is 11.6 Å². The number of amides is 1. The lowest BCUT2D eigenvalue weighted by molar-refractivity contribution is -0.139. The zero-order valence-corrected chi connectivity index (χ0v) is 12.7. The second-order valence-corrected chi connectivity index (χ2v) is 5.82. The minimum atomic E-state index is -0.765. The Morgan fingerprint density at radius 3 is 2.86 bits per heavy atom. The van der Waals surface area contributed by atoms with Gasteiger partial charge >= 0.3 is 5.97 Å². The average Bonchev–Trinajstić information content (AvgIpc) is 2.46. The van der Waals surface area contributed by atoms with Crippen LogP contribution in [0.25, 0.3) is 0 Å². The predicted molar refractivity (Wildman–Crippen MR) is 79.3 cm³/mol. The van der Waals surface area contributed by atoms with E-state index in [1.54, 1.807) is 17.0 Å². The number of carbonyl (C=O) groups excluding carboxylic acids is 1. The first-order valence-corrected chi connectivity index (χ1v) is 7.51. The smallest absolute Gasteiger partial charge is 0.303 e. The first-order chi connectivity index (χ1) is 10.0. The van der Waals surface area contributed by atoms with Crippen molar-refractivity contribution in [1.29, 1.82) is 0 Å². The third-order valence-electron chi connectivity index (χ3n) is 4.11. The van der Waals surface area contributed by atoms with Crippen molar-refractivity contribution in [3.63, 3.8) is 0 Å². The van der Waals surface area contributed by atoms with Crippen molar-refractivity contribution < 1.29 is 14.7 Å². The van der Waals surface area contributed by atoms with Crippen molar-refractivity contribution in [2.45, 2.75) is 26.2 Å². The maximum Gasteiger partial charge on any atom is 0.303 e. The van der Waals surface area contributed by atoms with Crippen LogP contribution in [0.2, 0.25) is 5.15 Å². The fraction of sp³-hybridized carbons (Fsp3) is 0.533. The second kappa shape index (κ2) is 6.89. The number of rotatable bonds is 4. The van der Waals surface area contributed by atoms with Crippen molar-refractivity contribution in [2.24, 2.45) is 11.8 Å². The number of carboxylic acid groups (broad SMARTS) is 1. The molecule has 6 heteroatoms. The molecule has 1 saturated heterocycles. The molecule has 0 aromatic carbocycles. The van der Waals surface area contributed by atoms with E-state index in [4.69, 9.17) is 16.7 Å². The van der Waals surface area contributed by atoms with Crippen LogP contribution in [-0.2, 0) is 4.79 Å². The van der Waals surface area contributed by atoms with Gasteiger partial charge in [0, 0.05) is 31.3 Å². The van der Waals surface area contributed by atoms with E-state index in [0.717, 1.165) is 12.8 Å². The molecule has 1 aromatic heterocycles. The standard InChI is InChI=1S/C15H19ClN2O3/c1-2-10-9-18(6-4-11(10)8-14(19)20)15(21)12-3-5-17-13(16)7-12/h3,5,7,10-11H,2,4,6,8-9H2,1H3,(H,19,20)/t10-,11-/m0/s1. The normalized spacial score (nSPS) is 22.1. The van der Waals surface area contributed by atoms with E-state index in [0.29, 0.717) is 23.8 Å². The number of piperidine rings is 1. The van der Waals surface area contributed by atoms with Crippen LogP contribution in [0.5, 0.6) is 0 Å². The predicted octanol–water partition coefficient (Wildman–Crippen LogP) is 2.70. The molecule has 0 unspecified atom stereocenters. The van der Waals surface area contributed by atoms with Gasteiger partial charge in [0.05, 0.1) is 0 Å². The van der Waals surface area contributed by atoms with Gasteiger partial charge < -0.3 is 10.0 Å². The third-order valence-corrected chi connectivity index (χ3v) is 4.32. The van der Waals surface area contributed by atoms with Crippen LogP contribution in [0, 0.1) is 11.8 Å². The molecule has 1 amide bonds. The third kappa shape index (κ3) is 3.94. The molecule has 5 nitrogen and oxygen atoms in total. The van der Waals surface area contributed by atoms with E-state index >= 15 is 0 Å². The molecule has 0 spiro atoms. The minimum Gasteiger partial charge on any atom is -0.481 e. The molecule has 2 heterocycles.